The van der Waals surface area contributed by atoms with Crippen LogP contribution in [0.2, 0.25) is 5.02 Å². The number of carboxylic acid groups (broad SMARTS) is 1. The Morgan fingerprint density at radius 1 is 1.33 bits per heavy atom. The van der Waals surface area contributed by atoms with Crippen molar-refractivity contribution in [2.75, 3.05) is 0 Å². The van der Waals surface area contributed by atoms with Gasteiger partial charge in [-0.15, -0.1) is 0 Å². The maximum Gasteiger partial charge on any atom is 0.339 e. The molecule has 1 N–H and O–H groups in total. The second-order valence-corrected chi connectivity index (χ2v) is 4.68. The summed E-state index contributed by atoms with van der Waals surface area (Å²) in [6.45, 7) is 0. The Hall–Kier alpha value is -1.59. The van der Waals surface area contributed by atoms with Gasteiger partial charge in [0.05, 0.1) is 11.2 Å². The molecule has 0 fully saturated rings. The molecule has 0 aliphatic heterocycles. The van der Waals surface area contributed by atoms with Crippen molar-refractivity contribution in [3.63, 3.8) is 0 Å². The zero-order valence-corrected chi connectivity index (χ0v) is 11.3. The number of hydrogen-bond donors (Lipinski definition) is 1. The molecule has 0 atom stereocenters. The van der Waals surface area contributed by atoms with Gasteiger partial charge in [0, 0.05) is 10.7 Å². The molecular weight excluding hydrogens is 321 g/mol. The second-order valence-electron chi connectivity index (χ2n) is 3.35. The van der Waals surface area contributed by atoms with Gasteiger partial charge in [-0.3, -0.25) is 4.98 Å². The van der Waals surface area contributed by atoms with Gasteiger partial charge in [0.1, 0.15) is 11.3 Å². The third-order valence-corrected chi connectivity index (χ3v) is 2.92. The van der Waals surface area contributed by atoms with Crippen LogP contribution in [0.1, 0.15) is 10.4 Å². The average molecular weight is 329 g/mol. The number of hydrogen-bond acceptors (Lipinski definition) is 3. The number of aromatic nitrogens is 1. The number of aromatic carboxylic acids is 1. The molecule has 0 unspecified atom stereocenters. The van der Waals surface area contributed by atoms with Crippen LogP contribution in [0.3, 0.4) is 0 Å². The number of ether oxygens (including phenoxy) is 1. The minimum Gasteiger partial charge on any atom is -0.478 e. The van der Waals surface area contributed by atoms with Crippen LogP contribution in [-0.2, 0) is 0 Å². The highest BCUT2D eigenvalue weighted by molar-refractivity contribution is 9.10. The van der Waals surface area contributed by atoms with Crippen molar-refractivity contribution in [1.82, 2.24) is 4.98 Å². The first-order valence-corrected chi connectivity index (χ1v) is 6.05. The predicted molar refractivity (Wildman–Crippen MR) is 70.4 cm³/mol. The summed E-state index contributed by atoms with van der Waals surface area (Å²) in [7, 11) is 0. The van der Waals surface area contributed by atoms with E-state index in [-0.39, 0.29) is 11.3 Å². The predicted octanol–water partition coefficient (Wildman–Crippen LogP) is 3.99. The fourth-order valence-corrected chi connectivity index (χ4v) is 2.03. The van der Waals surface area contributed by atoms with Crippen molar-refractivity contribution in [2.24, 2.45) is 0 Å². The van der Waals surface area contributed by atoms with Crippen molar-refractivity contribution >= 4 is 33.5 Å². The van der Waals surface area contributed by atoms with Gasteiger partial charge in [-0.2, -0.15) is 0 Å². The first-order chi connectivity index (χ1) is 8.58. The summed E-state index contributed by atoms with van der Waals surface area (Å²) in [5.41, 5.74) is 0.0315. The van der Waals surface area contributed by atoms with Crippen LogP contribution < -0.4 is 4.74 Å². The van der Waals surface area contributed by atoms with E-state index >= 15 is 0 Å². The zero-order chi connectivity index (χ0) is 13.1. The van der Waals surface area contributed by atoms with Crippen molar-refractivity contribution < 1.29 is 14.6 Å². The second kappa shape index (κ2) is 5.37. The van der Waals surface area contributed by atoms with E-state index in [2.05, 4.69) is 20.9 Å². The summed E-state index contributed by atoms with van der Waals surface area (Å²) in [5.74, 6) is -0.565. The molecule has 6 heteroatoms. The highest BCUT2D eigenvalue weighted by Crippen LogP contribution is 2.32. The van der Waals surface area contributed by atoms with Crippen LogP contribution in [0.15, 0.2) is 41.1 Å². The molecule has 0 aliphatic carbocycles. The van der Waals surface area contributed by atoms with Gasteiger partial charge in [-0.1, -0.05) is 27.5 Å². The van der Waals surface area contributed by atoms with Crippen LogP contribution in [0.5, 0.6) is 11.5 Å². The van der Waals surface area contributed by atoms with E-state index in [1.807, 2.05) is 0 Å². The number of benzene rings is 1. The summed E-state index contributed by atoms with van der Waals surface area (Å²) >= 11 is 9.26. The lowest BCUT2D eigenvalue weighted by Gasteiger charge is -2.09. The van der Waals surface area contributed by atoms with Crippen molar-refractivity contribution in [2.45, 2.75) is 0 Å². The SMILES string of the molecule is O=C(O)c1ccncc1Oc1ccc(Br)cc1Cl. The van der Waals surface area contributed by atoms with Gasteiger partial charge in [0.2, 0.25) is 0 Å². The zero-order valence-electron chi connectivity index (χ0n) is 8.93. The molecule has 0 amide bonds. The Morgan fingerprint density at radius 2 is 2.11 bits per heavy atom. The molecule has 1 heterocycles. The maximum absolute atomic E-state index is 11.0. The summed E-state index contributed by atoms with van der Waals surface area (Å²) in [4.78, 5) is 14.8. The number of pyridine rings is 1. The molecule has 2 rings (SSSR count). The molecule has 0 spiro atoms. The van der Waals surface area contributed by atoms with E-state index in [9.17, 15) is 4.79 Å². The summed E-state index contributed by atoms with van der Waals surface area (Å²) in [6, 6.07) is 6.42. The third-order valence-electron chi connectivity index (χ3n) is 2.13. The molecule has 1 aromatic heterocycles. The van der Waals surface area contributed by atoms with E-state index < -0.39 is 5.97 Å². The molecule has 2 aromatic rings. The van der Waals surface area contributed by atoms with Crippen LogP contribution in [0, 0.1) is 0 Å². The van der Waals surface area contributed by atoms with Gasteiger partial charge in [0.15, 0.2) is 5.75 Å². The molecule has 0 saturated carbocycles. The van der Waals surface area contributed by atoms with Gasteiger partial charge in [0.25, 0.3) is 0 Å². The third kappa shape index (κ3) is 2.80. The molecule has 1 aromatic carbocycles. The van der Waals surface area contributed by atoms with Crippen LogP contribution in [-0.4, -0.2) is 16.1 Å². The summed E-state index contributed by atoms with van der Waals surface area (Å²) < 4.78 is 6.27. The quantitative estimate of drug-likeness (QED) is 0.925. The fraction of sp³-hybridized carbons (Fsp3) is 0. The Morgan fingerprint density at radius 3 is 2.78 bits per heavy atom. The number of rotatable bonds is 3. The van der Waals surface area contributed by atoms with E-state index in [4.69, 9.17) is 21.4 Å². The highest BCUT2D eigenvalue weighted by atomic mass is 79.9. The number of nitrogens with zero attached hydrogens (tertiary/aromatic N) is 1. The number of carboxylic acids is 1. The van der Waals surface area contributed by atoms with Gasteiger partial charge >= 0.3 is 5.97 Å². The monoisotopic (exact) mass is 327 g/mol. The van der Waals surface area contributed by atoms with Crippen molar-refractivity contribution in [1.29, 1.82) is 0 Å². The van der Waals surface area contributed by atoms with Crippen LogP contribution in [0.25, 0.3) is 0 Å². The van der Waals surface area contributed by atoms with E-state index in [1.54, 1.807) is 18.2 Å². The van der Waals surface area contributed by atoms with E-state index in [1.165, 1.54) is 18.5 Å². The maximum atomic E-state index is 11.0. The highest BCUT2D eigenvalue weighted by Gasteiger charge is 2.13. The summed E-state index contributed by atoms with van der Waals surface area (Å²) in [5, 5.41) is 9.39. The Bertz CT molecular complexity index is 604. The van der Waals surface area contributed by atoms with E-state index in [0.717, 1.165) is 4.47 Å². The largest absolute Gasteiger partial charge is 0.478 e. The lowest BCUT2D eigenvalue weighted by atomic mass is 10.2. The van der Waals surface area contributed by atoms with Gasteiger partial charge in [-0.05, 0) is 24.3 Å². The van der Waals surface area contributed by atoms with E-state index in [0.29, 0.717) is 10.8 Å². The lowest BCUT2D eigenvalue weighted by Crippen LogP contribution is -2.00. The lowest BCUT2D eigenvalue weighted by molar-refractivity contribution is 0.0694. The first-order valence-electron chi connectivity index (χ1n) is 4.88. The summed E-state index contributed by atoms with van der Waals surface area (Å²) in [6.07, 6.45) is 2.72. The molecular formula is C12H7BrClNO3. The molecule has 0 bridgehead atoms. The Labute approximate surface area is 116 Å². The normalized spacial score (nSPS) is 10.1. The fourth-order valence-electron chi connectivity index (χ4n) is 1.31. The molecule has 18 heavy (non-hydrogen) atoms. The number of halogens is 2. The smallest absolute Gasteiger partial charge is 0.339 e. The van der Waals surface area contributed by atoms with Crippen molar-refractivity contribution in [3.05, 3.63) is 51.7 Å². The van der Waals surface area contributed by atoms with Gasteiger partial charge < -0.3 is 9.84 Å². The minimum atomic E-state index is -1.08. The molecule has 0 saturated heterocycles. The Balaban J connectivity index is 2.37. The number of carbonyl (C=O) groups is 1. The molecule has 0 aliphatic rings. The molecule has 92 valence electrons. The van der Waals surface area contributed by atoms with Crippen LogP contribution in [0.4, 0.5) is 0 Å². The van der Waals surface area contributed by atoms with Crippen molar-refractivity contribution in [3.8, 4) is 11.5 Å². The minimum absolute atomic E-state index is 0.0315. The topological polar surface area (TPSA) is 59.4 Å². The Kier molecular flexibility index (Phi) is 3.84. The van der Waals surface area contributed by atoms with Crippen LogP contribution >= 0.6 is 27.5 Å². The average Bonchev–Trinajstić information content (AvgIpc) is 2.33. The molecule has 0 radical (unpaired) electrons. The van der Waals surface area contributed by atoms with Gasteiger partial charge in [-0.25, -0.2) is 4.79 Å². The molecule has 4 nitrogen and oxygen atoms in total. The first kappa shape index (κ1) is 12.9. The standard InChI is InChI=1S/C12H7BrClNO3/c13-7-1-2-10(9(14)5-7)18-11-6-15-4-3-8(11)12(16)17/h1-6H,(H,16,17).